The molecule has 0 unspecified atom stereocenters. The highest BCUT2D eigenvalue weighted by molar-refractivity contribution is 5.91. The van der Waals surface area contributed by atoms with Gasteiger partial charge in [0.25, 0.3) is 5.91 Å². The molecule has 2 heterocycles. The molecule has 1 aliphatic rings. The van der Waals surface area contributed by atoms with Gasteiger partial charge >= 0.3 is 0 Å². The Bertz CT molecular complexity index is 857. The Labute approximate surface area is 175 Å². The second-order valence-electron chi connectivity index (χ2n) is 7.19. The van der Waals surface area contributed by atoms with Crippen LogP contribution in [0.15, 0.2) is 47.1 Å². The number of nitrogens with one attached hydrogen (secondary N) is 2. The molecule has 0 saturated carbocycles. The Balaban J connectivity index is 1.36. The van der Waals surface area contributed by atoms with E-state index in [1.54, 1.807) is 19.2 Å². The van der Waals surface area contributed by atoms with Gasteiger partial charge in [-0.3, -0.25) is 14.4 Å². The van der Waals surface area contributed by atoms with Crippen LogP contribution in [0.4, 0.5) is 0 Å². The molecule has 0 bridgehead atoms. The van der Waals surface area contributed by atoms with Crippen molar-refractivity contribution in [3.63, 3.8) is 0 Å². The molecule has 30 heavy (non-hydrogen) atoms. The van der Waals surface area contributed by atoms with Gasteiger partial charge in [0.2, 0.25) is 11.8 Å². The van der Waals surface area contributed by atoms with Crippen molar-refractivity contribution in [2.75, 3.05) is 26.7 Å². The van der Waals surface area contributed by atoms with E-state index in [1.165, 1.54) is 6.26 Å². The maximum absolute atomic E-state index is 12.6. The summed E-state index contributed by atoms with van der Waals surface area (Å²) in [6.45, 7) is 1.45. The number of carbonyl (C=O) groups excluding carboxylic acids is 3. The van der Waals surface area contributed by atoms with Gasteiger partial charge < -0.3 is 24.7 Å². The van der Waals surface area contributed by atoms with Crippen molar-refractivity contribution in [2.24, 2.45) is 0 Å². The Morgan fingerprint density at radius 2 is 1.90 bits per heavy atom. The summed E-state index contributed by atoms with van der Waals surface area (Å²) >= 11 is 0. The van der Waals surface area contributed by atoms with Crippen LogP contribution in [0.2, 0.25) is 0 Å². The second-order valence-corrected chi connectivity index (χ2v) is 7.19. The number of carbonyl (C=O) groups is 3. The van der Waals surface area contributed by atoms with E-state index in [1.807, 2.05) is 29.2 Å². The maximum atomic E-state index is 12.6. The highest BCUT2D eigenvalue weighted by atomic mass is 16.5. The standard InChI is InChI=1S/C22H27N3O5/c1-29-18-6-3-2-5-16(18)15-21(27)25-12-9-17(10-13-25)24-20(26)8-11-23-22(28)19-7-4-14-30-19/h2-7,14,17H,8-13,15H2,1H3,(H,23,28)(H,24,26). The first-order valence-corrected chi connectivity index (χ1v) is 10.1. The summed E-state index contributed by atoms with van der Waals surface area (Å²) in [5.74, 6) is 0.542. The zero-order valence-corrected chi connectivity index (χ0v) is 17.1. The average molecular weight is 413 g/mol. The van der Waals surface area contributed by atoms with Crippen molar-refractivity contribution in [3.8, 4) is 5.75 Å². The van der Waals surface area contributed by atoms with Crippen molar-refractivity contribution in [1.82, 2.24) is 15.5 Å². The van der Waals surface area contributed by atoms with Crippen molar-refractivity contribution in [3.05, 3.63) is 54.0 Å². The molecule has 1 aromatic heterocycles. The third-order valence-corrected chi connectivity index (χ3v) is 5.13. The van der Waals surface area contributed by atoms with Gasteiger partial charge in [-0.1, -0.05) is 18.2 Å². The van der Waals surface area contributed by atoms with Crippen molar-refractivity contribution in [1.29, 1.82) is 0 Å². The lowest BCUT2D eigenvalue weighted by atomic mass is 10.0. The molecule has 8 heteroatoms. The SMILES string of the molecule is COc1ccccc1CC(=O)N1CCC(NC(=O)CCNC(=O)c2ccco2)CC1. The summed E-state index contributed by atoms with van der Waals surface area (Å²) in [5, 5.41) is 5.63. The molecule has 0 aliphatic carbocycles. The number of ether oxygens (including phenoxy) is 1. The van der Waals surface area contributed by atoms with Crippen LogP contribution in [0.1, 0.15) is 35.4 Å². The topological polar surface area (TPSA) is 101 Å². The molecule has 0 atom stereocenters. The summed E-state index contributed by atoms with van der Waals surface area (Å²) in [4.78, 5) is 38.3. The van der Waals surface area contributed by atoms with Crippen LogP contribution in [-0.4, -0.2) is 55.4 Å². The highest BCUT2D eigenvalue weighted by Gasteiger charge is 2.24. The molecule has 1 saturated heterocycles. The minimum absolute atomic E-state index is 0.0357. The molecule has 0 spiro atoms. The van der Waals surface area contributed by atoms with E-state index < -0.39 is 0 Å². The molecule has 0 radical (unpaired) electrons. The Hall–Kier alpha value is -3.29. The summed E-state index contributed by atoms with van der Waals surface area (Å²) in [5.41, 5.74) is 0.872. The number of likely N-dealkylation sites (tertiary alicyclic amines) is 1. The van der Waals surface area contributed by atoms with E-state index >= 15 is 0 Å². The van der Waals surface area contributed by atoms with Crippen LogP contribution in [0, 0.1) is 0 Å². The molecule has 1 aromatic carbocycles. The predicted octanol–water partition coefficient (Wildman–Crippen LogP) is 1.76. The van der Waals surface area contributed by atoms with E-state index in [-0.39, 0.29) is 42.5 Å². The maximum Gasteiger partial charge on any atom is 0.286 e. The predicted molar refractivity (Wildman–Crippen MR) is 110 cm³/mol. The number of amides is 3. The van der Waals surface area contributed by atoms with Gasteiger partial charge in [0, 0.05) is 37.7 Å². The smallest absolute Gasteiger partial charge is 0.286 e. The van der Waals surface area contributed by atoms with Crippen LogP contribution < -0.4 is 15.4 Å². The largest absolute Gasteiger partial charge is 0.496 e. The first kappa shape index (κ1) is 21.4. The minimum atomic E-state index is -0.338. The van der Waals surface area contributed by atoms with E-state index in [0.717, 1.165) is 5.56 Å². The van der Waals surface area contributed by atoms with E-state index in [0.29, 0.717) is 38.1 Å². The van der Waals surface area contributed by atoms with Crippen molar-refractivity contribution in [2.45, 2.75) is 31.7 Å². The molecular weight excluding hydrogens is 386 g/mol. The van der Waals surface area contributed by atoms with Gasteiger partial charge in [-0.2, -0.15) is 0 Å². The Kier molecular flexibility index (Phi) is 7.48. The monoisotopic (exact) mass is 413 g/mol. The summed E-state index contributed by atoms with van der Waals surface area (Å²) < 4.78 is 10.3. The van der Waals surface area contributed by atoms with Crippen LogP contribution in [0.3, 0.4) is 0 Å². The number of benzene rings is 1. The number of hydrogen-bond acceptors (Lipinski definition) is 5. The Morgan fingerprint density at radius 1 is 1.13 bits per heavy atom. The van der Waals surface area contributed by atoms with Gasteiger partial charge in [-0.25, -0.2) is 0 Å². The molecule has 160 valence electrons. The number of nitrogens with zero attached hydrogens (tertiary/aromatic N) is 1. The summed E-state index contributed by atoms with van der Waals surface area (Å²) in [6.07, 6.45) is 3.34. The van der Waals surface area contributed by atoms with Crippen LogP contribution in [-0.2, 0) is 16.0 Å². The van der Waals surface area contributed by atoms with Crippen LogP contribution >= 0.6 is 0 Å². The zero-order chi connectivity index (χ0) is 21.3. The molecule has 8 nitrogen and oxygen atoms in total. The van der Waals surface area contributed by atoms with Crippen molar-refractivity contribution >= 4 is 17.7 Å². The fourth-order valence-electron chi connectivity index (χ4n) is 3.48. The number of furan rings is 1. The molecule has 1 aliphatic heterocycles. The number of methoxy groups -OCH3 is 1. The van der Waals surface area contributed by atoms with E-state index in [4.69, 9.17) is 9.15 Å². The Morgan fingerprint density at radius 3 is 2.60 bits per heavy atom. The zero-order valence-electron chi connectivity index (χ0n) is 17.1. The van der Waals surface area contributed by atoms with E-state index in [9.17, 15) is 14.4 Å². The van der Waals surface area contributed by atoms with E-state index in [2.05, 4.69) is 10.6 Å². The van der Waals surface area contributed by atoms with Gasteiger partial charge in [0.05, 0.1) is 19.8 Å². The molecule has 3 amide bonds. The molecule has 2 N–H and O–H groups in total. The number of piperidine rings is 1. The fraction of sp³-hybridized carbons (Fsp3) is 0.409. The lowest BCUT2D eigenvalue weighted by Gasteiger charge is -2.32. The molecule has 1 fully saturated rings. The fourth-order valence-corrected chi connectivity index (χ4v) is 3.48. The molecule has 3 rings (SSSR count). The van der Waals surface area contributed by atoms with Gasteiger partial charge in [-0.15, -0.1) is 0 Å². The molecular formula is C22H27N3O5. The number of para-hydroxylation sites is 1. The normalized spacial score (nSPS) is 14.2. The van der Waals surface area contributed by atoms with Crippen molar-refractivity contribution < 1.29 is 23.5 Å². The quantitative estimate of drug-likeness (QED) is 0.687. The minimum Gasteiger partial charge on any atom is -0.496 e. The number of hydrogen-bond donors (Lipinski definition) is 2. The van der Waals surface area contributed by atoms with Crippen LogP contribution in [0.25, 0.3) is 0 Å². The van der Waals surface area contributed by atoms with Gasteiger partial charge in [0.1, 0.15) is 5.75 Å². The number of rotatable bonds is 8. The van der Waals surface area contributed by atoms with Gasteiger partial charge in [-0.05, 0) is 31.0 Å². The lowest BCUT2D eigenvalue weighted by Crippen LogP contribution is -2.47. The first-order valence-electron chi connectivity index (χ1n) is 10.1. The lowest BCUT2D eigenvalue weighted by molar-refractivity contribution is -0.131. The summed E-state index contributed by atoms with van der Waals surface area (Å²) in [7, 11) is 1.60. The molecule has 2 aromatic rings. The second kappa shape index (κ2) is 10.5. The highest BCUT2D eigenvalue weighted by Crippen LogP contribution is 2.20. The first-order chi connectivity index (χ1) is 14.6. The third kappa shape index (κ3) is 5.85. The van der Waals surface area contributed by atoms with Crippen LogP contribution in [0.5, 0.6) is 5.75 Å². The third-order valence-electron chi connectivity index (χ3n) is 5.13. The average Bonchev–Trinajstić information content (AvgIpc) is 3.29. The van der Waals surface area contributed by atoms with Gasteiger partial charge in [0.15, 0.2) is 5.76 Å². The summed E-state index contributed by atoms with van der Waals surface area (Å²) in [6, 6.07) is 10.8.